The molecule has 7 saturated heterocycles. The Balaban J connectivity index is 0.959. The molecule has 7 fully saturated rings. The predicted molar refractivity (Wildman–Crippen MR) is 369 cm³/mol. The van der Waals surface area contributed by atoms with Gasteiger partial charge in [-0.2, -0.15) is 0 Å². The number of methoxy groups -OCH3 is 1. The number of carbonyl (C=O) groups is 3. The fourth-order valence-corrected chi connectivity index (χ4v) is 25.1. The van der Waals surface area contributed by atoms with Crippen molar-refractivity contribution in [3.05, 3.63) is 146 Å². The van der Waals surface area contributed by atoms with E-state index in [4.69, 9.17) is 37.9 Å². The number of benzene rings is 4. The number of carbonyl (C=O) groups excluding carboxylic acids is 3. The quantitative estimate of drug-likeness (QED) is 0.0648. The van der Waals surface area contributed by atoms with Crippen LogP contribution in [0.3, 0.4) is 0 Å². The molecule has 4 aromatic carbocycles. The minimum atomic E-state index is -3.67. The van der Waals surface area contributed by atoms with Gasteiger partial charge in [-0.1, -0.05) is 169 Å². The van der Waals surface area contributed by atoms with Gasteiger partial charge in [0.15, 0.2) is 0 Å². The van der Waals surface area contributed by atoms with Crippen LogP contribution in [0.2, 0.25) is 10.1 Å². The summed E-state index contributed by atoms with van der Waals surface area (Å²) < 4.78 is 55.2. The molecule has 18 atom stereocenters. The minimum Gasteiger partial charge on any atom is -0.444 e. The first-order valence-electron chi connectivity index (χ1n) is 34.9. The summed E-state index contributed by atoms with van der Waals surface area (Å²) in [6.07, 6.45) is -0.660. The Kier molecular flexibility index (Phi) is 21.9. The summed E-state index contributed by atoms with van der Waals surface area (Å²) in [6.45, 7) is 25.3. The number of alkyl carbamates (subject to hydrolysis) is 1. The number of ketones is 2. The first-order valence-corrected chi connectivity index (χ1v) is 38.8. The van der Waals surface area contributed by atoms with Crippen molar-refractivity contribution >= 4 is 55.0 Å². The van der Waals surface area contributed by atoms with Crippen LogP contribution in [0.1, 0.15) is 152 Å². The Hall–Kier alpha value is -5.00. The number of rotatable bonds is 15. The highest BCUT2D eigenvalue weighted by Gasteiger charge is 2.63. The highest BCUT2D eigenvalue weighted by Crippen LogP contribution is 2.56. The molecule has 17 heteroatoms. The summed E-state index contributed by atoms with van der Waals surface area (Å²) in [5, 5.41) is 16.3. The monoisotopic (exact) mass is 1320 g/mol. The van der Waals surface area contributed by atoms with Gasteiger partial charge in [0, 0.05) is 69.9 Å². The van der Waals surface area contributed by atoms with Crippen molar-refractivity contribution < 1.29 is 67.0 Å². The Bertz CT molecular complexity index is 3160. The maximum atomic E-state index is 15.2. The van der Waals surface area contributed by atoms with Crippen molar-refractivity contribution in [2.75, 3.05) is 13.7 Å². The number of Topliss-reactive ketones (excluding diaryl/α,β-unsaturated/α-hetero) is 2. The normalized spacial score (nSPS) is 32.7. The second-order valence-electron chi connectivity index (χ2n) is 30.9. The molecule has 3 unspecified atom stereocenters. The summed E-state index contributed by atoms with van der Waals surface area (Å²) in [4.78, 5) is 70.6. The smallest absolute Gasteiger partial charge is 0.407 e. The van der Waals surface area contributed by atoms with Gasteiger partial charge in [0.05, 0.1) is 85.5 Å². The highest BCUT2D eigenvalue weighted by atomic mass is 28.4. The topological polar surface area (TPSA) is 198 Å². The van der Waals surface area contributed by atoms with Crippen LogP contribution in [0.15, 0.2) is 146 Å². The third-order valence-corrected chi connectivity index (χ3v) is 31.3. The number of hydrogen-bond acceptors (Lipinski definition) is 14. The van der Waals surface area contributed by atoms with Crippen LogP contribution < -0.4 is 26.1 Å². The maximum Gasteiger partial charge on any atom is 0.407 e. The standard InChI is InChI=1S/C77H105NO14Si2/c1-48-38-55-34-36-64-49(2)39-54(86-64)33-32-51(79)42-67-62(45-76(7,8)93(83,57-24-16-12-17-25-57)58-26-18-13-19-27-58)72-73(91-67)63(46-77(9,10)94(84,59-28-20-14-21-29-59)60-30-22-15-23-31-60)71-65(90-72)37-35-56(88-71)40-52(80)41-61-68(44-66(87-55)50(48)3)89-69(70(61)85-11)43-53(81)47-78-74(82)92-75(4,5)6/h12-31,48,53-56,61-73,81,83-84H,2-3,32-47H2,1,4-11H3,(H,78,82)/t48-,53+,54?,55+,56?,61+,62+,63+,64+,65+,66?,67-,68+,69-,70-,71-,72+,73+/m1/s1. The lowest BCUT2D eigenvalue weighted by atomic mass is 9.74. The molecule has 510 valence electrons. The molecule has 8 bridgehead atoms. The molecular weight excluding hydrogens is 1220 g/mol. The average Bonchev–Trinajstić information content (AvgIpc) is 1.26. The Morgan fingerprint density at radius 1 is 0.585 bits per heavy atom. The van der Waals surface area contributed by atoms with Crippen molar-refractivity contribution in [2.45, 2.75) is 253 Å². The van der Waals surface area contributed by atoms with Gasteiger partial charge >= 0.3 is 6.09 Å². The molecule has 7 heterocycles. The lowest BCUT2D eigenvalue weighted by molar-refractivity contribution is -0.242. The van der Waals surface area contributed by atoms with Crippen molar-refractivity contribution in [3.63, 3.8) is 0 Å². The summed E-state index contributed by atoms with van der Waals surface area (Å²) in [5.41, 5.74) is 1.27. The van der Waals surface area contributed by atoms with Gasteiger partial charge in [-0.05, 0) is 126 Å². The van der Waals surface area contributed by atoms with Crippen LogP contribution in [0.5, 0.6) is 0 Å². The number of hydrogen-bond donors (Lipinski definition) is 4. The van der Waals surface area contributed by atoms with Crippen LogP contribution >= 0.6 is 0 Å². The van der Waals surface area contributed by atoms with Crippen molar-refractivity contribution in [1.82, 2.24) is 5.32 Å². The van der Waals surface area contributed by atoms with E-state index in [1.54, 1.807) is 27.9 Å². The average molecular weight is 1320 g/mol. The molecule has 94 heavy (non-hydrogen) atoms. The second-order valence-corrected chi connectivity index (χ2v) is 38.8. The third kappa shape index (κ3) is 15.2. The van der Waals surface area contributed by atoms with Gasteiger partial charge < -0.3 is 57.9 Å². The molecular formula is C77H105NO14Si2. The van der Waals surface area contributed by atoms with E-state index in [2.05, 4.69) is 53.1 Å². The van der Waals surface area contributed by atoms with Crippen LogP contribution in [-0.4, -0.2) is 154 Å². The lowest BCUT2D eigenvalue weighted by Gasteiger charge is -2.52. The molecule has 0 saturated carbocycles. The molecule has 1 amide bonds. The number of aliphatic hydroxyl groups excluding tert-OH is 1. The first kappa shape index (κ1) is 70.3. The SMILES string of the molecule is C=C1C2C[C@@H]3O[C@H](C[C@H](O)CNC(=O)OC(C)(C)C)[C@H](OC)[C@H]3CC(=O)CC3CC[C@@H]4O[C@H]5[C@@H](CC(C)(C)[Si](O)(c6ccccc6)c6ccccc6)[C@@H](CC(=O)CCC6CC(=C)[C@H](CC[C@@H](C[C@H]1C)O2)O6)O[C@H]5[C@@H](CC(C)(C)[Si](O)(c1ccccc1)c1ccccc1)[C@H]4O3. The van der Waals surface area contributed by atoms with Gasteiger partial charge in [-0.3, -0.25) is 9.59 Å². The van der Waals surface area contributed by atoms with Crippen LogP contribution in [0, 0.1) is 23.7 Å². The maximum absolute atomic E-state index is 15.2. The lowest BCUT2D eigenvalue weighted by Crippen LogP contribution is -2.67. The zero-order valence-corrected chi connectivity index (χ0v) is 59.0. The second kappa shape index (κ2) is 29.2. The highest BCUT2D eigenvalue weighted by molar-refractivity contribution is 6.99. The predicted octanol–water partition coefficient (Wildman–Crippen LogP) is 10.2. The molecule has 0 radical (unpaired) electrons. The molecule has 7 aliphatic rings. The van der Waals surface area contributed by atoms with Gasteiger partial charge in [0.1, 0.15) is 17.2 Å². The van der Waals surface area contributed by atoms with Crippen LogP contribution in [0.4, 0.5) is 4.79 Å². The number of ether oxygens (including phenoxy) is 8. The Morgan fingerprint density at radius 2 is 1.11 bits per heavy atom. The zero-order valence-electron chi connectivity index (χ0n) is 57.0. The summed E-state index contributed by atoms with van der Waals surface area (Å²) in [6, 6.07) is 40.2. The van der Waals surface area contributed by atoms with E-state index in [9.17, 15) is 24.3 Å². The Labute approximate surface area is 560 Å². The largest absolute Gasteiger partial charge is 0.444 e. The number of fused-ring (bicyclic) bond motifs is 7. The molecule has 7 aliphatic heterocycles. The van der Waals surface area contributed by atoms with Crippen LogP contribution in [-0.2, 0) is 47.5 Å². The fraction of sp³-hybridized carbons (Fsp3) is 0.597. The van der Waals surface area contributed by atoms with Crippen molar-refractivity contribution in [2.24, 2.45) is 23.7 Å². The number of amides is 1. The minimum absolute atomic E-state index is 0.0139. The van der Waals surface area contributed by atoms with E-state index in [1.165, 1.54) is 0 Å². The van der Waals surface area contributed by atoms with Gasteiger partial charge in [0.25, 0.3) is 16.6 Å². The molecule has 4 N–H and O–H groups in total. The fourth-order valence-electron chi connectivity index (χ4n) is 17.5. The third-order valence-electron chi connectivity index (χ3n) is 22.3. The summed E-state index contributed by atoms with van der Waals surface area (Å²) in [5.74, 6) is -0.940. The van der Waals surface area contributed by atoms with Gasteiger partial charge in [-0.15, -0.1) is 0 Å². The molecule has 0 aliphatic carbocycles. The Morgan fingerprint density at radius 3 is 1.67 bits per heavy atom. The number of aliphatic hydroxyl groups is 1. The molecule has 15 nitrogen and oxygen atoms in total. The van der Waals surface area contributed by atoms with E-state index >= 15 is 4.79 Å². The first-order chi connectivity index (χ1) is 44.7. The van der Waals surface area contributed by atoms with E-state index in [-0.39, 0.29) is 86.0 Å². The van der Waals surface area contributed by atoms with E-state index < -0.39 is 105 Å². The van der Waals surface area contributed by atoms with E-state index in [0.29, 0.717) is 57.8 Å². The van der Waals surface area contributed by atoms with Gasteiger partial charge in [0.2, 0.25) is 0 Å². The van der Waals surface area contributed by atoms with Gasteiger partial charge in [-0.25, -0.2) is 4.79 Å². The van der Waals surface area contributed by atoms with Crippen molar-refractivity contribution in [3.8, 4) is 0 Å². The molecule has 0 aromatic heterocycles. The van der Waals surface area contributed by atoms with E-state index in [1.807, 2.05) is 121 Å². The number of nitrogens with one attached hydrogen (secondary N) is 1. The molecule has 0 spiro atoms. The van der Waals surface area contributed by atoms with Crippen molar-refractivity contribution in [1.29, 1.82) is 0 Å². The van der Waals surface area contributed by atoms with Crippen LogP contribution in [0.25, 0.3) is 0 Å². The summed E-state index contributed by atoms with van der Waals surface area (Å²) in [7, 11) is -5.66. The zero-order chi connectivity index (χ0) is 66.9. The molecule has 11 rings (SSSR count). The van der Waals surface area contributed by atoms with E-state index in [0.717, 1.165) is 44.7 Å². The summed E-state index contributed by atoms with van der Waals surface area (Å²) >= 11 is 0. The molecule has 4 aromatic rings.